The second-order valence-corrected chi connectivity index (χ2v) is 7.22. The zero-order chi connectivity index (χ0) is 23.3. The van der Waals surface area contributed by atoms with Gasteiger partial charge in [-0.15, -0.1) is 0 Å². The Balaban J connectivity index is 1.71. The largest absolute Gasteiger partial charge is 0.449 e. The van der Waals surface area contributed by atoms with Gasteiger partial charge in [-0.2, -0.15) is 0 Å². The van der Waals surface area contributed by atoms with E-state index in [1.165, 1.54) is 37.3 Å². The van der Waals surface area contributed by atoms with E-state index >= 15 is 0 Å². The van der Waals surface area contributed by atoms with E-state index < -0.39 is 23.9 Å². The summed E-state index contributed by atoms with van der Waals surface area (Å²) in [6.45, 7) is 3.34. The number of primary amides is 1. The lowest BCUT2D eigenvalue weighted by atomic mass is 9.98. The molecule has 0 saturated heterocycles. The van der Waals surface area contributed by atoms with Crippen molar-refractivity contribution in [1.29, 1.82) is 0 Å². The molecule has 0 aromatic heterocycles. The van der Waals surface area contributed by atoms with Gasteiger partial charge in [0.15, 0.2) is 11.9 Å². The summed E-state index contributed by atoms with van der Waals surface area (Å²) < 4.78 is 5.30. The normalized spacial score (nSPS) is 11.3. The van der Waals surface area contributed by atoms with E-state index in [4.69, 9.17) is 10.5 Å². The van der Waals surface area contributed by atoms with Gasteiger partial charge in [0.2, 0.25) is 5.91 Å². The van der Waals surface area contributed by atoms with E-state index in [2.05, 4.69) is 5.32 Å². The molecule has 3 aromatic carbocycles. The van der Waals surface area contributed by atoms with Gasteiger partial charge in [0.25, 0.3) is 5.91 Å². The molecule has 2 amide bonds. The van der Waals surface area contributed by atoms with Gasteiger partial charge in [0, 0.05) is 22.4 Å². The van der Waals surface area contributed by atoms with Gasteiger partial charge in [-0.3, -0.25) is 14.4 Å². The van der Waals surface area contributed by atoms with Crippen LogP contribution >= 0.6 is 0 Å². The average Bonchev–Trinajstić information content (AvgIpc) is 2.79. The van der Waals surface area contributed by atoms with E-state index in [0.29, 0.717) is 16.8 Å². The third-order valence-electron chi connectivity index (χ3n) is 4.80. The molecule has 162 valence electrons. The molecule has 1 unspecified atom stereocenters. The van der Waals surface area contributed by atoms with E-state index in [9.17, 15) is 19.2 Å². The van der Waals surface area contributed by atoms with Crippen molar-refractivity contribution < 1.29 is 23.9 Å². The Morgan fingerprint density at radius 3 is 1.97 bits per heavy atom. The highest BCUT2D eigenvalue weighted by Gasteiger charge is 2.23. The molecule has 3 N–H and O–H groups in total. The molecular formula is C25H22N2O5. The third-order valence-corrected chi connectivity index (χ3v) is 4.80. The first-order valence-corrected chi connectivity index (χ1v) is 9.88. The number of nitrogens with one attached hydrogen (secondary N) is 1. The number of benzene rings is 3. The fourth-order valence-electron chi connectivity index (χ4n) is 2.96. The van der Waals surface area contributed by atoms with Crippen LogP contribution in [-0.4, -0.2) is 29.7 Å². The first-order valence-electron chi connectivity index (χ1n) is 9.88. The number of anilines is 1. The standard InChI is InChI=1S/C25H22N2O5/c1-15-7-9-17(10-8-15)22(28)20-5-3-4-6-21(20)25(31)32-16(2)24(30)27-19-13-11-18(12-14-19)23(26)29/h3-14,16H,1-2H3,(H2,26,29)(H,27,30). The van der Waals surface area contributed by atoms with Gasteiger partial charge in [0.05, 0.1) is 5.56 Å². The smallest absolute Gasteiger partial charge is 0.339 e. The Morgan fingerprint density at radius 1 is 0.812 bits per heavy atom. The Morgan fingerprint density at radius 2 is 1.38 bits per heavy atom. The predicted molar refractivity (Wildman–Crippen MR) is 120 cm³/mol. The van der Waals surface area contributed by atoms with Gasteiger partial charge >= 0.3 is 5.97 Å². The zero-order valence-electron chi connectivity index (χ0n) is 17.6. The molecule has 7 nitrogen and oxygen atoms in total. The molecule has 0 bridgehead atoms. The summed E-state index contributed by atoms with van der Waals surface area (Å²) in [5, 5.41) is 2.60. The van der Waals surface area contributed by atoms with Crippen LogP contribution < -0.4 is 11.1 Å². The van der Waals surface area contributed by atoms with Crippen LogP contribution in [0.2, 0.25) is 0 Å². The Bertz CT molecular complexity index is 1170. The fraction of sp³-hybridized carbons (Fsp3) is 0.120. The Hall–Kier alpha value is -4.26. The van der Waals surface area contributed by atoms with Crippen LogP contribution in [0.4, 0.5) is 5.69 Å². The van der Waals surface area contributed by atoms with Gasteiger partial charge in [-0.1, -0.05) is 48.0 Å². The summed E-state index contributed by atoms with van der Waals surface area (Å²) in [5.41, 5.74) is 7.63. The average molecular weight is 430 g/mol. The number of rotatable bonds is 7. The number of carbonyl (C=O) groups excluding carboxylic acids is 4. The highest BCUT2D eigenvalue weighted by Crippen LogP contribution is 2.18. The minimum atomic E-state index is -1.12. The Labute approximate surface area is 185 Å². The van der Waals surface area contributed by atoms with Crippen molar-refractivity contribution in [3.63, 3.8) is 0 Å². The molecule has 0 aliphatic rings. The van der Waals surface area contributed by atoms with E-state index in [1.807, 2.05) is 19.1 Å². The van der Waals surface area contributed by atoms with Crippen molar-refractivity contribution in [2.45, 2.75) is 20.0 Å². The highest BCUT2D eigenvalue weighted by atomic mass is 16.5. The van der Waals surface area contributed by atoms with E-state index in [0.717, 1.165) is 5.56 Å². The molecule has 0 aliphatic heterocycles. The topological polar surface area (TPSA) is 116 Å². The van der Waals surface area contributed by atoms with Gasteiger partial charge in [0.1, 0.15) is 0 Å². The molecule has 0 spiro atoms. The fourth-order valence-corrected chi connectivity index (χ4v) is 2.96. The number of nitrogens with two attached hydrogens (primary N) is 1. The van der Waals surface area contributed by atoms with Crippen LogP contribution in [0.3, 0.4) is 0 Å². The van der Waals surface area contributed by atoms with Crippen molar-refractivity contribution in [3.8, 4) is 0 Å². The molecular weight excluding hydrogens is 408 g/mol. The van der Waals surface area contributed by atoms with E-state index in [-0.39, 0.29) is 16.9 Å². The van der Waals surface area contributed by atoms with Crippen molar-refractivity contribution in [2.24, 2.45) is 5.73 Å². The first-order chi connectivity index (χ1) is 15.3. The molecule has 0 radical (unpaired) electrons. The number of hydrogen-bond donors (Lipinski definition) is 2. The molecule has 32 heavy (non-hydrogen) atoms. The lowest BCUT2D eigenvalue weighted by Gasteiger charge is -2.15. The monoisotopic (exact) mass is 430 g/mol. The van der Waals surface area contributed by atoms with Crippen LogP contribution in [0.5, 0.6) is 0 Å². The molecule has 0 saturated carbocycles. The van der Waals surface area contributed by atoms with Crippen LogP contribution in [0.15, 0.2) is 72.8 Å². The van der Waals surface area contributed by atoms with Gasteiger partial charge in [-0.25, -0.2) is 4.79 Å². The third kappa shape index (κ3) is 5.26. The maximum Gasteiger partial charge on any atom is 0.339 e. The summed E-state index contributed by atoms with van der Waals surface area (Å²) in [5.74, 6) is -2.24. The zero-order valence-corrected chi connectivity index (χ0v) is 17.6. The van der Waals surface area contributed by atoms with Crippen molar-refractivity contribution in [3.05, 3.63) is 101 Å². The Kier molecular flexibility index (Phi) is 6.80. The van der Waals surface area contributed by atoms with Crippen LogP contribution in [0, 0.1) is 6.92 Å². The van der Waals surface area contributed by atoms with Crippen molar-refractivity contribution in [1.82, 2.24) is 0 Å². The number of ether oxygens (including phenoxy) is 1. The number of esters is 1. The molecule has 3 rings (SSSR count). The summed E-state index contributed by atoms with van der Waals surface area (Å²) in [6, 6.07) is 19.3. The summed E-state index contributed by atoms with van der Waals surface area (Å²) in [4.78, 5) is 49.2. The van der Waals surface area contributed by atoms with Crippen LogP contribution in [0.1, 0.15) is 49.1 Å². The van der Waals surface area contributed by atoms with Crippen molar-refractivity contribution >= 4 is 29.3 Å². The van der Waals surface area contributed by atoms with Crippen LogP contribution in [0.25, 0.3) is 0 Å². The number of hydrogen-bond acceptors (Lipinski definition) is 5. The number of amides is 2. The number of carbonyl (C=O) groups is 4. The quantitative estimate of drug-likeness (QED) is 0.440. The molecule has 0 aliphatic carbocycles. The molecule has 0 heterocycles. The number of aryl methyl sites for hydroxylation is 1. The summed E-state index contributed by atoms with van der Waals surface area (Å²) >= 11 is 0. The SMILES string of the molecule is Cc1ccc(C(=O)c2ccccc2C(=O)OC(C)C(=O)Nc2ccc(C(N)=O)cc2)cc1. The number of ketones is 1. The molecule has 3 aromatic rings. The summed E-state index contributed by atoms with van der Waals surface area (Å²) in [7, 11) is 0. The predicted octanol–water partition coefficient (Wildman–Crippen LogP) is 3.51. The lowest BCUT2D eigenvalue weighted by Crippen LogP contribution is -2.30. The second kappa shape index (κ2) is 9.70. The highest BCUT2D eigenvalue weighted by molar-refractivity contribution is 6.14. The second-order valence-electron chi connectivity index (χ2n) is 7.22. The minimum Gasteiger partial charge on any atom is -0.449 e. The van der Waals surface area contributed by atoms with Gasteiger partial charge < -0.3 is 15.8 Å². The van der Waals surface area contributed by atoms with Crippen molar-refractivity contribution in [2.75, 3.05) is 5.32 Å². The van der Waals surface area contributed by atoms with Crippen LogP contribution in [-0.2, 0) is 9.53 Å². The van der Waals surface area contributed by atoms with Gasteiger partial charge in [-0.05, 0) is 44.2 Å². The maximum absolute atomic E-state index is 12.9. The molecule has 7 heteroatoms. The molecule has 1 atom stereocenters. The minimum absolute atomic E-state index is 0.0727. The molecule has 0 fully saturated rings. The first kappa shape index (κ1) is 22.4. The lowest BCUT2D eigenvalue weighted by molar-refractivity contribution is -0.123. The van der Waals surface area contributed by atoms with E-state index in [1.54, 1.807) is 30.3 Å². The summed E-state index contributed by atoms with van der Waals surface area (Å²) in [6.07, 6.45) is -1.12. The maximum atomic E-state index is 12.9.